The highest BCUT2D eigenvalue weighted by Crippen LogP contribution is 2.24. The molecule has 0 saturated carbocycles. The van der Waals surface area contributed by atoms with Gasteiger partial charge in [0.2, 0.25) is 5.91 Å². The van der Waals surface area contributed by atoms with E-state index in [0.29, 0.717) is 5.69 Å². The molecule has 1 aromatic heterocycles. The van der Waals surface area contributed by atoms with Gasteiger partial charge in [0, 0.05) is 11.7 Å². The van der Waals surface area contributed by atoms with Crippen LogP contribution in [0.15, 0.2) is 41.1 Å². The quantitative estimate of drug-likeness (QED) is 0.832. The molecular weight excluding hydrogens is 280 g/mol. The summed E-state index contributed by atoms with van der Waals surface area (Å²) >= 11 is 1.68. The zero-order chi connectivity index (χ0) is 15.5. The maximum Gasteiger partial charge on any atom is 0.230 e. The van der Waals surface area contributed by atoms with Crippen LogP contribution in [0.2, 0.25) is 0 Å². The van der Waals surface area contributed by atoms with Crippen molar-refractivity contribution in [1.82, 2.24) is 5.32 Å². The SMILES string of the molecule is CC(Cc1ccsc1)NC(=O)C(C)(C)c1ccc(N)cc1. The molecule has 1 aromatic carbocycles. The predicted octanol–water partition coefficient (Wildman–Crippen LogP) is 3.36. The third-order valence-corrected chi connectivity index (χ3v) is 4.43. The average molecular weight is 302 g/mol. The van der Waals surface area contributed by atoms with Crippen LogP contribution >= 0.6 is 11.3 Å². The van der Waals surface area contributed by atoms with Crippen LogP contribution < -0.4 is 11.1 Å². The molecule has 0 spiro atoms. The summed E-state index contributed by atoms with van der Waals surface area (Å²) in [5, 5.41) is 7.28. The van der Waals surface area contributed by atoms with E-state index in [-0.39, 0.29) is 11.9 Å². The number of nitrogens with two attached hydrogens (primary N) is 1. The molecule has 0 aliphatic heterocycles. The van der Waals surface area contributed by atoms with E-state index in [4.69, 9.17) is 5.73 Å². The molecule has 0 aliphatic carbocycles. The Morgan fingerprint density at radius 1 is 1.29 bits per heavy atom. The minimum absolute atomic E-state index is 0.0370. The summed E-state index contributed by atoms with van der Waals surface area (Å²) in [4.78, 5) is 12.5. The molecule has 0 radical (unpaired) electrons. The van der Waals surface area contributed by atoms with Crippen LogP contribution in [0.5, 0.6) is 0 Å². The zero-order valence-electron chi connectivity index (χ0n) is 12.7. The first-order chi connectivity index (χ1) is 9.89. The molecule has 21 heavy (non-hydrogen) atoms. The highest BCUT2D eigenvalue weighted by atomic mass is 32.1. The smallest absolute Gasteiger partial charge is 0.230 e. The number of thiophene rings is 1. The van der Waals surface area contributed by atoms with Crippen LogP contribution in [0.3, 0.4) is 0 Å². The lowest BCUT2D eigenvalue weighted by atomic mass is 9.83. The fourth-order valence-corrected chi connectivity index (χ4v) is 2.93. The van der Waals surface area contributed by atoms with Gasteiger partial charge in [0.15, 0.2) is 0 Å². The number of hydrogen-bond acceptors (Lipinski definition) is 3. The summed E-state index contributed by atoms with van der Waals surface area (Å²) in [6, 6.07) is 9.70. The van der Waals surface area contributed by atoms with Gasteiger partial charge in [0.1, 0.15) is 0 Å². The lowest BCUT2D eigenvalue weighted by Gasteiger charge is -2.26. The second-order valence-corrected chi connectivity index (χ2v) is 6.74. The Morgan fingerprint density at radius 3 is 2.52 bits per heavy atom. The van der Waals surface area contributed by atoms with Crippen LogP contribution in [-0.2, 0) is 16.6 Å². The Labute approximate surface area is 130 Å². The van der Waals surface area contributed by atoms with E-state index in [9.17, 15) is 4.79 Å². The number of nitrogens with one attached hydrogen (secondary N) is 1. The van der Waals surface area contributed by atoms with Crippen LogP contribution in [0.25, 0.3) is 0 Å². The van der Waals surface area contributed by atoms with Crippen molar-refractivity contribution < 1.29 is 4.79 Å². The van der Waals surface area contributed by atoms with Gasteiger partial charge >= 0.3 is 0 Å². The number of rotatable bonds is 5. The lowest BCUT2D eigenvalue weighted by Crippen LogP contribution is -2.44. The summed E-state index contributed by atoms with van der Waals surface area (Å²) in [5.74, 6) is 0.0370. The molecule has 0 saturated heterocycles. The van der Waals surface area contributed by atoms with Gasteiger partial charge in [-0.2, -0.15) is 11.3 Å². The van der Waals surface area contributed by atoms with Gasteiger partial charge in [-0.05, 0) is 67.3 Å². The summed E-state index contributed by atoms with van der Waals surface area (Å²) in [6.07, 6.45) is 0.854. The molecule has 3 N–H and O–H groups in total. The molecule has 2 rings (SSSR count). The molecular formula is C17H22N2OS. The standard InChI is InChI=1S/C17H22N2OS/c1-12(10-13-8-9-21-11-13)19-16(20)17(2,3)14-4-6-15(18)7-5-14/h4-9,11-12H,10,18H2,1-3H3,(H,19,20). The highest BCUT2D eigenvalue weighted by molar-refractivity contribution is 7.07. The van der Waals surface area contributed by atoms with Crippen LogP contribution in [0.4, 0.5) is 5.69 Å². The lowest BCUT2D eigenvalue weighted by molar-refractivity contribution is -0.126. The number of amides is 1. The third kappa shape index (κ3) is 3.85. The maximum absolute atomic E-state index is 12.5. The fourth-order valence-electron chi connectivity index (χ4n) is 2.25. The van der Waals surface area contributed by atoms with Crippen molar-refractivity contribution in [2.24, 2.45) is 0 Å². The molecule has 112 valence electrons. The number of hydrogen-bond donors (Lipinski definition) is 2. The van der Waals surface area contributed by atoms with Gasteiger partial charge in [-0.15, -0.1) is 0 Å². The third-order valence-electron chi connectivity index (χ3n) is 3.70. The molecule has 1 heterocycles. The Balaban J connectivity index is 2.02. The molecule has 1 unspecified atom stereocenters. The van der Waals surface area contributed by atoms with Crippen LogP contribution in [0.1, 0.15) is 31.9 Å². The van der Waals surface area contributed by atoms with E-state index in [2.05, 4.69) is 22.1 Å². The van der Waals surface area contributed by atoms with Crippen LogP contribution in [-0.4, -0.2) is 11.9 Å². The summed E-state index contributed by atoms with van der Waals surface area (Å²) in [6.45, 7) is 5.91. The molecule has 2 aromatic rings. The van der Waals surface area contributed by atoms with Gasteiger partial charge < -0.3 is 11.1 Å². The van der Waals surface area contributed by atoms with Gasteiger partial charge in [-0.25, -0.2) is 0 Å². The van der Waals surface area contributed by atoms with E-state index in [0.717, 1.165) is 12.0 Å². The molecule has 1 atom stereocenters. The van der Waals surface area contributed by atoms with Crippen molar-refractivity contribution >= 4 is 22.9 Å². The fraction of sp³-hybridized carbons (Fsp3) is 0.353. The topological polar surface area (TPSA) is 55.1 Å². The second kappa shape index (κ2) is 6.31. The average Bonchev–Trinajstić information content (AvgIpc) is 2.91. The summed E-state index contributed by atoms with van der Waals surface area (Å²) in [5.41, 5.74) is 8.07. The van der Waals surface area contributed by atoms with Gasteiger partial charge in [0.25, 0.3) is 0 Å². The van der Waals surface area contributed by atoms with Crippen molar-refractivity contribution in [2.75, 3.05) is 5.73 Å². The van der Waals surface area contributed by atoms with Crippen molar-refractivity contribution in [3.05, 3.63) is 52.2 Å². The number of benzene rings is 1. The number of carbonyl (C=O) groups is 1. The van der Waals surface area contributed by atoms with Crippen molar-refractivity contribution in [3.63, 3.8) is 0 Å². The zero-order valence-corrected chi connectivity index (χ0v) is 13.5. The van der Waals surface area contributed by atoms with E-state index < -0.39 is 5.41 Å². The minimum Gasteiger partial charge on any atom is -0.399 e. The van der Waals surface area contributed by atoms with Gasteiger partial charge in [-0.1, -0.05) is 12.1 Å². The van der Waals surface area contributed by atoms with E-state index in [1.807, 2.05) is 45.0 Å². The van der Waals surface area contributed by atoms with Gasteiger partial charge in [-0.3, -0.25) is 4.79 Å². The molecule has 1 amide bonds. The first kappa shape index (κ1) is 15.6. The second-order valence-electron chi connectivity index (χ2n) is 5.96. The summed E-state index contributed by atoms with van der Waals surface area (Å²) in [7, 11) is 0. The molecule has 0 fully saturated rings. The Hall–Kier alpha value is -1.81. The molecule has 0 aliphatic rings. The maximum atomic E-state index is 12.5. The Morgan fingerprint density at radius 2 is 1.95 bits per heavy atom. The van der Waals surface area contributed by atoms with Crippen molar-refractivity contribution in [1.29, 1.82) is 0 Å². The van der Waals surface area contributed by atoms with Crippen molar-refractivity contribution in [2.45, 2.75) is 38.6 Å². The highest BCUT2D eigenvalue weighted by Gasteiger charge is 2.30. The predicted molar refractivity (Wildman–Crippen MR) is 89.5 cm³/mol. The number of anilines is 1. The molecule has 3 nitrogen and oxygen atoms in total. The van der Waals surface area contributed by atoms with Gasteiger partial charge in [0.05, 0.1) is 5.41 Å². The van der Waals surface area contributed by atoms with Crippen molar-refractivity contribution in [3.8, 4) is 0 Å². The number of carbonyl (C=O) groups excluding carboxylic acids is 1. The van der Waals surface area contributed by atoms with E-state index in [1.54, 1.807) is 11.3 Å². The first-order valence-electron chi connectivity index (χ1n) is 7.07. The minimum atomic E-state index is -0.573. The van der Waals surface area contributed by atoms with E-state index in [1.165, 1.54) is 5.56 Å². The monoisotopic (exact) mass is 302 g/mol. The molecule has 0 bridgehead atoms. The van der Waals surface area contributed by atoms with E-state index >= 15 is 0 Å². The largest absolute Gasteiger partial charge is 0.399 e. The normalized spacial score (nSPS) is 12.9. The Kier molecular flexibility index (Phi) is 4.68. The number of nitrogen functional groups attached to an aromatic ring is 1. The first-order valence-corrected chi connectivity index (χ1v) is 8.02. The summed E-state index contributed by atoms with van der Waals surface area (Å²) < 4.78 is 0. The van der Waals surface area contributed by atoms with Crippen LogP contribution in [0, 0.1) is 0 Å². The Bertz CT molecular complexity index is 588. The molecule has 4 heteroatoms.